The lowest BCUT2D eigenvalue weighted by Gasteiger charge is -2.34. The van der Waals surface area contributed by atoms with Gasteiger partial charge < -0.3 is 19.1 Å². The normalized spacial score (nSPS) is 15.4. The Labute approximate surface area is 164 Å². The standard InChI is InChI=1S/C18H24N4O5S/c1-13-5-8-16(20-19-13)21-9-11-22(12-10-21)28(23,24)15-7-6-14(25-2)17(26-3)18(15)27-4/h5-8H,9-12H2,1-4H3. The van der Waals surface area contributed by atoms with Gasteiger partial charge in [-0.25, -0.2) is 8.42 Å². The second kappa shape index (κ2) is 8.19. The van der Waals surface area contributed by atoms with Crippen molar-refractivity contribution < 1.29 is 22.6 Å². The molecule has 1 fully saturated rings. The molecule has 2 heterocycles. The fourth-order valence-electron chi connectivity index (χ4n) is 3.13. The molecule has 28 heavy (non-hydrogen) atoms. The molecule has 0 amide bonds. The van der Waals surface area contributed by atoms with Crippen molar-refractivity contribution in [2.45, 2.75) is 11.8 Å². The quantitative estimate of drug-likeness (QED) is 0.707. The average Bonchev–Trinajstić information content (AvgIpc) is 2.73. The van der Waals surface area contributed by atoms with Gasteiger partial charge in [-0.15, -0.1) is 5.10 Å². The van der Waals surface area contributed by atoms with Crippen molar-refractivity contribution in [1.29, 1.82) is 0 Å². The minimum atomic E-state index is -3.76. The highest BCUT2D eigenvalue weighted by molar-refractivity contribution is 7.89. The Hall–Kier alpha value is -2.59. The van der Waals surface area contributed by atoms with Crippen LogP contribution < -0.4 is 19.1 Å². The fraction of sp³-hybridized carbons (Fsp3) is 0.444. The number of hydrogen-bond donors (Lipinski definition) is 0. The fourth-order valence-corrected chi connectivity index (χ4v) is 4.71. The first-order valence-electron chi connectivity index (χ1n) is 8.76. The Balaban J connectivity index is 1.84. The van der Waals surface area contributed by atoms with Gasteiger partial charge in [-0.2, -0.15) is 9.40 Å². The molecule has 1 aromatic carbocycles. The van der Waals surface area contributed by atoms with Crippen LogP contribution in [0.25, 0.3) is 0 Å². The zero-order valence-corrected chi connectivity index (χ0v) is 17.2. The van der Waals surface area contributed by atoms with E-state index in [0.29, 0.717) is 31.9 Å². The zero-order chi connectivity index (χ0) is 20.3. The average molecular weight is 408 g/mol. The van der Waals surface area contributed by atoms with Crippen LogP contribution in [0, 0.1) is 6.92 Å². The highest BCUT2D eigenvalue weighted by Gasteiger charge is 2.33. The third-order valence-corrected chi connectivity index (χ3v) is 6.55. The first-order chi connectivity index (χ1) is 13.4. The maximum absolute atomic E-state index is 13.2. The van der Waals surface area contributed by atoms with Crippen LogP contribution in [0.1, 0.15) is 5.69 Å². The Bertz CT molecular complexity index is 926. The maximum Gasteiger partial charge on any atom is 0.247 e. The van der Waals surface area contributed by atoms with Crippen LogP contribution in [0.2, 0.25) is 0 Å². The summed E-state index contributed by atoms with van der Waals surface area (Å²) in [4.78, 5) is 2.07. The van der Waals surface area contributed by atoms with Crippen LogP contribution in [0.15, 0.2) is 29.2 Å². The predicted octanol–water partition coefficient (Wildman–Crippen LogP) is 1.32. The van der Waals surface area contributed by atoms with E-state index >= 15 is 0 Å². The molecule has 1 aliphatic heterocycles. The van der Waals surface area contributed by atoms with Gasteiger partial charge in [0.25, 0.3) is 0 Å². The van der Waals surface area contributed by atoms with Crippen molar-refractivity contribution in [2.24, 2.45) is 0 Å². The lowest BCUT2D eigenvalue weighted by molar-refractivity contribution is 0.316. The molecule has 0 radical (unpaired) electrons. The molecule has 1 aliphatic rings. The van der Waals surface area contributed by atoms with E-state index in [1.807, 2.05) is 24.0 Å². The predicted molar refractivity (Wildman–Crippen MR) is 104 cm³/mol. The number of rotatable bonds is 6. The number of aryl methyl sites for hydroxylation is 1. The monoisotopic (exact) mass is 408 g/mol. The van der Waals surface area contributed by atoms with Crippen LogP contribution >= 0.6 is 0 Å². The van der Waals surface area contributed by atoms with Crippen molar-refractivity contribution in [2.75, 3.05) is 52.4 Å². The Morgan fingerprint density at radius 1 is 0.857 bits per heavy atom. The highest BCUT2D eigenvalue weighted by atomic mass is 32.2. The summed E-state index contributed by atoms with van der Waals surface area (Å²) in [5.74, 6) is 1.53. The van der Waals surface area contributed by atoms with E-state index in [1.165, 1.54) is 31.7 Å². The molecular weight excluding hydrogens is 384 g/mol. The van der Waals surface area contributed by atoms with Crippen LogP contribution in [-0.4, -0.2) is 70.4 Å². The third-order valence-electron chi connectivity index (χ3n) is 4.63. The van der Waals surface area contributed by atoms with E-state index in [-0.39, 0.29) is 16.4 Å². The molecule has 0 N–H and O–H groups in total. The van der Waals surface area contributed by atoms with Crippen LogP contribution in [-0.2, 0) is 10.0 Å². The van der Waals surface area contributed by atoms with Crippen LogP contribution in [0.4, 0.5) is 5.82 Å². The van der Waals surface area contributed by atoms with E-state index in [4.69, 9.17) is 14.2 Å². The second-order valence-electron chi connectivity index (χ2n) is 6.26. The summed E-state index contributed by atoms with van der Waals surface area (Å²) in [6, 6.07) is 6.82. The van der Waals surface area contributed by atoms with Gasteiger partial charge in [0.05, 0.1) is 27.0 Å². The van der Waals surface area contributed by atoms with E-state index in [2.05, 4.69) is 10.2 Å². The summed E-state index contributed by atoms with van der Waals surface area (Å²) in [6.45, 7) is 3.57. The van der Waals surface area contributed by atoms with E-state index in [9.17, 15) is 8.42 Å². The lowest BCUT2D eigenvalue weighted by Crippen LogP contribution is -2.49. The molecule has 0 unspecified atom stereocenters. The first kappa shape index (κ1) is 20.2. The Morgan fingerprint density at radius 2 is 1.54 bits per heavy atom. The molecule has 10 heteroatoms. The highest BCUT2D eigenvalue weighted by Crippen LogP contribution is 2.42. The number of piperazine rings is 1. The Morgan fingerprint density at radius 3 is 2.07 bits per heavy atom. The largest absolute Gasteiger partial charge is 0.493 e. The molecule has 0 bridgehead atoms. The molecule has 0 atom stereocenters. The van der Waals surface area contributed by atoms with Crippen LogP contribution in [0.3, 0.4) is 0 Å². The summed E-state index contributed by atoms with van der Waals surface area (Å²) < 4.78 is 43.8. The SMILES string of the molecule is COc1ccc(S(=O)(=O)N2CCN(c3ccc(C)nn3)CC2)c(OC)c1OC. The topological polar surface area (TPSA) is 94.1 Å². The molecule has 3 rings (SSSR count). The van der Waals surface area contributed by atoms with Gasteiger partial charge in [-0.05, 0) is 31.2 Å². The van der Waals surface area contributed by atoms with Crippen LogP contribution in [0.5, 0.6) is 17.2 Å². The van der Waals surface area contributed by atoms with Gasteiger partial charge >= 0.3 is 0 Å². The van der Waals surface area contributed by atoms with E-state index in [0.717, 1.165) is 11.5 Å². The van der Waals surface area contributed by atoms with Gasteiger partial charge in [0, 0.05) is 26.2 Å². The number of sulfonamides is 1. The number of ether oxygens (including phenoxy) is 3. The number of methoxy groups -OCH3 is 3. The van der Waals surface area contributed by atoms with Crippen molar-refractivity contribution in [3.05, 3.63) is 30.0 Å². The summed E-state index contributed by atoms with van der Waals surface area (Å²) in [6.07, 6.45) is 0. The summed E-state index contributed by atoms with van der Waals surface area (Å²) in [7, 11) is 0.570. The number of benzene rings is 1. The number of hydrogen-bond acceptors (Lipinski definition) is 8. The minimum Gasteiger partial charge on any atom is -0.493 e. The number of nitrogens with zero attached hydrogens (tertiary/aromatic N) is 4. The third kappa shape index (κ3) is 3.69. The molecule has 0 saturated carbocycles. The van der Waals surface area contributed by atoms with E-state index in [1.54, 1.807) is 6.07 Å². The van der Waals surface area contributed by atoms with Crippen molar-refractivity contribution in [3.8, 4) is 17.2 Å². The summed E-state index contributed by atoms with van der Waals surface area (Å²) in [5.41, 5.74) is 0.838. The van der Waals surface area contributed by atoms with Gasteiger partial charge in [-0.3, -0.25) is 0 Å². The van der Waals surface area contributed by atoms with Gasteiger partial charge in [0.1, 0.15) is 4.90 Å². The lowest BCUT2D eigenvalue weighted by atomic mass is 10.3. The first-order valence-corrected chi connectivity index (χ1v) is 10.2. The molecular formula is C18H24N4O5S. The maximum atomic E-state index is 13.2. The van der Waals surface area contributed by atoms with E-state index < -0.39 is 10.0 Å². The summed E-state index contributed by atoms with van der Waals surface area (Å²) >= 11 is 0. The van der Waals surface area contributed by atoms with Crippen molar-refractivity contribution >= 4 is 15.8 Å². The molecule has 0 aliphatic carbocycles. The number of aromatic nitrogens is 2. The number of anilines is 1. The van der Waals surface area contributed by atoms with Gasteiger partial charge in [-0.1, -0.05) is 0 Å². The van der Waals surface area contributed by atoms with Crippen molar-refractivity contribution in [3.63, 3.8) is 0 Å². The van der Waals surface area contributed by atoms with Crippen molar-refractivity contribution in [1.82, 2.24) is 14.5 Å². The Kier molecular flexibility index (Phi) is 5.90. The van der Waals surface area contributed by atoms with Gasteiger partial charge in [0.15, 0.2) is 17.3 Å². The molecule has 1 saturated heterocycles. The zero-order valence-electron chi connectivity index (χ0n) is 16.4. The molecule has 9 nitrogen and oxygen atoms in total. The summed E-state index contributed by atoms with van der Waals surface area (Å²) in [5, 5.41) is 8.24. The van der Waals surface area contributed by atoms with Gasteiger partial charge in [0.2, 0.25) is 15.8 Å². The second-order valence-corrected chi connectivity index (χ2v) is 8.16. The molecule has 1 aromatic heterocycles. The smallest absolute Gasteiger partial charge is 0.247 e. The molecule has 152 valence electrons. The molecule has 0 spiro atoms. The molecule has 2 aromatic rings. The minimum absolute atomic E-state index is 0.0521.